The zero-order valence-corrected chi connectivity index (χ0v) is 12.9. The first-order valence-electron chi connectivity index (χ1n) is 7.82. The van der Waals surface area contributed by atoms with Gasteiger partial charge >= 0.3 is 6.09 Å². The average molecular weight is 296 g/mol. The van der Waals surface area contributed by atoms with Gasteiger partial charge in [-0.05, 0) is 12.3 Å². The lowest BCUT2D eigenvalue weighted by atomic mass is 9.76. The first-order chi connectivity index (χ1) is 9.86. The third-order valence-electron chi connectivity index (χ3n) is 5.40. The van der Waals surface area contributed by atoms with Gasteiger partial charge in [0.05, 0.1) is 12.6 Å². The summed E-state index contributed by atoms with van der Waals surface area (Å²) in [7, 11) is 0. The minimum atomic E-state index is -0.876. The van der Waals surface area contributed by atoms with E-state index >= 15 is 0 Å². The quantitative estimate of drug-likeness (QED) is 0.798. The van der Waals surface area contributed by atoms with E-state index in [0.29, 0.717) is 38.5 Å². The van der Waals surface area contributed by atoms with Crippen LogP contribution in [0.2, 0.25) is 0 Å². The number of rotatable bonds is 1. The fourth-order valence-electron chi connectivity index (χ4n) is 4.20. The summed E-state index contributed by atoms with van der Waals surface area (Å²) in [6.07, 6.45) is 0.426. The van der Waals surface area contributed by atoms with Crippen molar-refractivity contribution in [1.82, 2.24) is 9.80 Å². The van der Waals surface area contributed by atoms with E-state index < -0.39 is 11.8 Å². The number of hydrogen-bond donors (Lipinski definition) is 1. The molecule has 4 atom stereocenters. The number of ether oxygens (including phenoxy) is 1. The second-order valence-corrected chi connectivity index (χ2v) is 6.99. The second-order valence-electron chi connectivity index (χ2n) is 6.99. The van der Waals surface area contributed by atoms with Crippen LogP contribution in [0.25, 0.3) is 0 Å². The molecule has 1 N–H and O–H groups in total. The molecule has 0 aromatic rings. The van der Waals surface area contributed by atoms with Gasteiger partial charge in [0, 0.05) is 31.3 Å². The van der Waals surface area contributed by atoms with Gasteiger partial charge in [-0.3, -0.25) is 4.79 Å². The van der Waals surface area contributed by atoms with E-state index in [2.05, 4.69) is 13.8 Å². The molecule has 1 spiro atoms. The van der Waals surface area contributed by atoms with Gasteiger partial charge in [0.1, 0.15) is 5.72 Å². The molecule has 3 heterocycles. The fraction of sp³-hybridized carbons (Fsp3) is 0.867. The molecule has 3 aliphatic rings. The van der Waals surface area contributed by atoms with Crippen molar-refractivity contribution in [2.24, 2.45) is 17.8 Å². The summed E-state index contributed by atoms with van der Waals surface area (Å²) < 4.78 is 6.15. The largest absolute Gasteiger partial charge is 0.465 e. The highest BCUT2D eigenvalue weighted by molar-refractivity contribution is 5.81. The Balaban J connectivity index is 1.93. The summed E-state index contributed by atoms with van der Waals surface area (Å²) in [5.74, 6) is 0.543. The van der Waals surface area contributed by atoms with Gasteiger partial charge in [-0.15, -0.1) is 0 Å². The van der Waals surface area contributed by atoms with Crippen molar-refractivity contribution in [1.29, 1.82) is 0 Å². The van der Waals surface area contributed by atoms with Gasteiger partial charge in [0.25, 0.3) is 0 Å². The summed E-state index contributed by atoms with van der Waals surface area (Å²) in [4.78, 5) is 27.4. The predicted octanol–water partition coefficient (Wildman–Crippen LogP) is 1.61. The molecular weight excluding hydrogens is 272 g/mol. The van der Waals surface area contributed by atoms with Gasteiger partial charge in [-0.25, -0.2) is 4.79 Å². The maximum Gasteiger partial charge on any atom is 0.407 e. The molecule has 2 amide bonds. The number of piperidine rings is 2. The number of nitrogens with zero attached hydrogens (tertiary/aromatic N) is 2. The van der Waals surface area contributed by atoms with Crippen LogP contribution in [-0.4, -0.2) is 58.4 Å². The van der Waals surface area contributed by atoms with E-state index in [9.17, 15) is 14.7 Å². The molecule has 3 aliphatic heterocycles. The van der Waals surface area contributed by atoms with E-state index in [0.717, 1.165) is 0 Å². The number of hydrogen-bond acceptors (Lipinski definition) is 3. The minimum Gasteiger partial charge on any atom is -0.465 e. The van der Waals surface area contributed by atoms with Crippen LogP contribution in [0, 0.1) is 17.8 Å². The van der Waals surface area contributed by atoms with Crippen molar-refractivity contribution in [3.8, 4) is 0 Å². The average Bonchev–Trinajstić information content (AvgIpc) is 2.80. The van der Waals surface area contributed by atoms with Gasteiger partial charge < -0.3 is 19.6 Å². The van der Waals surface area contributed by atoms with E-state index in [-0.39, 0.29) is 23.8 Å². The predicted molar refractivity (Wildman–Crippen MR) is 75.6 cm³/mol. The molecule has 3 rings (SSSR count). The molecular formula is C15H24N2O4. The van der Waals surface area contributed by atoms with E-state index in [1.807, 2.05) is 11.8 Å². The molecule has 4 unspecified atom stereocenters. The second kappa shape index (κ2) is 4.87. The highest BCUT2D eigenvalue weighted by Gasteiger charge is 2.60. The number of amides is 2. The van der Waals surface area contributed by atoms with Crippen LogP contribution in [0.5, 0.6) is 0 Å². The maximum absolute atomic E-state index is 12.7. The molecule has 0 bridgehead atoms. The lowest BCUT2D eigenvalue weighted by Gasteiger charge is -2.54. The van der Waals surface area contributed by atoms with Crippen LogP contribution in [0.1, 0.15) is 33.6 Å². The van der Waals surface area contributed by atoms with Crippen LogP contribution in [0.3, 0.4) is 0 Å². The molecule has 21 heavy (non-hydrogen) atoms. The van der Waals surface area contributed by atoms with Crippen molar-refractivity contribution in [2.75, 3.05) is 19.7 Å². The normalized spacial score (nSPS) is 39.4. The van der Waals surface area contributed by atoms with Crippen molar-refractivity contribution in [2.45, 2.75) is 45.4 Å². The molecule has 6 heteroatoms. The summed E-state index contributed by atoms with van der Waals surface area (Å²) in [6, 6.07) is 0.110. The first kappa shape index (κ1) is 14.6. The van der Waals surface area contributed by atoms with E-state index in [1.165, 1.54) is 4.90 Å². The van der Waals surface area contributed by atoms with Crippen LogP contribution in [0.15, 0.2) is 0 Å². The Bertz CT molecular complexity index is 467. The number of likely N-dealkylation sites (tertiary alicyclic amines) is 1. The van der Waals surface area contributed by atoms with Crippen LogP contribution in [-0.2, 0) is 9.53 Å². The van der Waals surface area contributed by atoms with Crippen molar-refractivity contribution >= 4 is 12.0 Å². The topological polar surface area (TPSA) is 70.1 Å². The molecule has 6 nitrogen and oxygen atoms in total. The van der Waals surface area contributed by atoms with Gasteiger partial charge in [-0.2, -0.15) is 0 Å². The molecule has 3 fully saturated rings. The first-order valence-corrected chi connectivity index (χ1v) is 7.82. The summed E-state index contributed by atoms with van der Waals surface area (Å²) in [6.45, 7) is 7.65. The Morgan fingerprint density at radius 1 is 1.48 bits per heavy atom. The zero-order valence-electron chi connectivity index (χ0n) is 12.9. The number of carboxylic acid groups (broad SMARTS) is 1. The molecule has 0 aromatic heterocycles. The smallest absolute Gasteiger partial charge is 0.407 e. The maximum atomic E-state index is 12.7. The summed E-state index contributed by atoms with van der Waals surface area (Å²) in [5.41, 5.74) is -0.565. The Hall–Kier alpha value is -1.30. The third-order valence-corrected chi connectivity index (χ3v) is 5.40. The third kappa shape index (κ3) is 2.03. The van der Waals surface area contributed by atoms with E-state index in [1.54, 1.807) is 0 Å². The SMILES string of the molecule is CC1CC2CN(C(=O)O)CCC23OCC(C(C)C)N3C1=O. The fourth-order valence-corrected chi connectivity index (χ4v) is 4.20. The monoisotopic (exact) mass is 296 g/mol. The molecule has 0 saturated carbocycles. The van der Waals surface area contributed by atoms with Crippen molar-refractivity contribution in [3.05, 3.63) is 0 Å². The standard InChI is InChI=1S/C15H24N2O4/c1-9(2)12-8-21-15-4-5-16(14(19)20)7-11(15)6-10(3)13(18)17(12)15/h9-12H,4-8H2,1-3H3,(H,19,20). The highest BCUT2D eigenvalue weighted by Crippen LogP contribution is 2.48. The van der Waals surface area contributed by atoms with Gasteiger partial charge in [0.15, 0.2) is 0 Å². The van der Waals surface area contributed by atoms with Crippen LogP contribution in [0.4, 0.5) is 4.79 Å². The Kier molecular flexibility index (Phi) is 3.39. The summed E-state index contributed by atoms with van der Waals surface area (Å²) in [5, 5.41) is 9.23. The van der Waals surface area contributed by atoms with Gasteiger partial charge in [-0.1, -0.05) is 20.8 Å². The summed E-state index contributed by atoms with van der Waals surface area (Å²) >= 11 is 0. The molecule has 3 saturated heterocycles. The minimum absolute atomic E-state index is 0.0557. The van der Waals surface area contributed by atoms with Gasteiger partial charge in [0.2, 0.25) is 5.91 Å². The lowest BCUT2D eigenvalue weighted by Crippen LogP contribution is -2.67. The zero-order chi connectivity index (χ0) is 15.4. The molecule has 0 radical (unpaired) electrons. The van der Waals surface area contributed by atoms with E-state index in [4.69, 9.17) is 4.74 Å². The van der Waals surface area contributed by atoms with Crippen molar-refractivity contribution < 1.29 is 19.4 Å². The molecule has 0 aromatic carbocycles. The molecule has 118 valence electrons. The van der Waals surface area contributed by atoms with Crippen LogP contribution < -0.4 is 0 Å². The Morgan fingerprint density at radius 3 is 2.81 bits per heavy atom. The number of carbonyl (C=O) groups excluding carboxylic acids is 1. The molecule has 0 aliphatic carbocycles. The lowest BCUT2D eigenvalue weighted by molar-refractivity contribution is -0.197. The highest BCUT2D eigenvalue weighted by atomic mass is 16.5. The van der Waals surface area contributed by atoms with Crippen molar-refractivity contribution in [3.63, 3.8) is 0 Å². The van der Waals surface area contributed by atoms with Crippen LogP contribution >= 0.6 is 0 Å². The number of carbonyl (C=O) groups is 2. The Labute approximate surface area is 125 Å². The Morgan fingerprint density at radius 2 is 2.19 bits per heavy atom.